The smallest absolute Gasteiger partial charge is 0.234 e. The first-order valence-corrected chi connectivity index (χ1v) is 5.31. The van der Waals surface area contributed by atoms with Crippen molar-refractivity contribution in [2.45, 2.75) is 18.9 Å². The number of methoxy groups -OCH3 is 1. The van der Waals surface area contributed by atoms with Crippen molar-refractivity contribution in [3.8, 4) is 0 Å². The quantitative estimate of drug-likeness (QED) is 0.374. The number of hydrogen-bond donors (Lipinski definition) is 3. The molecule has 0 aliphatic heterocycles. The van der Waals surface area contributed by atoms with Gasteiger partial charge in [0.1, 0.15) is 0 Å². The van der Waals surface area contributed by atoms with Crippen molar-refractivity contribution in [2.24, 2.45) is 0 Å². The van der Waals surface area contributed by atoms with Crippen molar-refractivity contribution in [2.75, 3.05) is 33.4 Å². The van der Waals surface area contributed by atoms with Gasteiger partial charge in [-0.3, -0.25) is 4.79 Å². The summed E-state index contributed by atoms with van der Waals surface area (Å²) in [6, 6.07) is 0. The monoisotopic (exact) mass is 230 g/mol. The van der Waals surface area contributed by atoms with Crippen molar-refractivity contribution in [1.82, 2.24) is 10.6 Å². The van der Waals surface area contributed by atoms with E-state index in [0.29, 0.717) is 19.6 Å². The van der Waals surface area contributed by atoms with Gasteiger partial charge in [0.05, 0.1) is 12.1 Å². The van der Waals surface area contributed by atoms with Gasteiger partial charge in [0.25, 0.3) is 0 Å². The summed E-state index contributed by atoms with van der Waals surface area (Å²) in [5.41, 5.74) is -0.926. The van der Waals surface area contributed by atoms with Gasteiger partial charge < -0.3 is 20.5 Å². The summed E-state index contributed by atoms with van der Waals surface area (Å²) >= 11 is 0. The van der Waals surface area contributed by atoms with Crippen LogP contribution in [0.15, 0.2) is 12.7 Å². The maximum absolute atomic E-state index is 11.3. The van der Waals surface area contributed by atoms with Crippen LogP contribution in [-0.2, 0) is 9.53 Å². The maximum atomic E-state index is 11.3. The Morgan fingerprint density at radius 3 is 2.88 bits per heavy atom. The summed E-state index contributed by atoms with van der Waals surface area (Å²) in [6.45, 7) is 6.71. The highest BCUT2D eigenvalue weighted by molar-refractivity contribution is 5.78. The van der Waals surface area contributed by atoms with E-state index in [0.717, 1.165) is 0 Å². The molecule has 1 amide bonds. The van der Waals surface area contributed by atoms with E-state index in [-0.39, 0.29) is 19.0 Å². The Balaban J connectivity index is 3.67. The summed E-state index contributed by atoms with van der Waals surface area (Å²) in [6.07, 6.45) is 2.17. The SMILES string of the molecule is C=CCNCC(=O)NCC(C)(O)CCOC. The first-order chi connectivity index (χ1) is 7.52. The predicted molar refractivity (Wildman–Crippen MR) is 63.2 cm³/mol. The topological polar surface area (TPSA) is 70.6 Å². The van der Waals surface area contributed by atoms with Crippen LogP contribution in [0.4, 0.5) is 0 Å². The standard InChI is InChI=1S/C11H22N2O3/c1-4-6-12-8-10(14)13-9-11(2,15)5-7-16-3/h4,12,15H,1,5-9H2,2-3H3,(H,13,14). The predicted octanol–water partition coefficient (Wildman–Crippen LogP) is -0.334. The third kappa shape index (κ3) is 8.40. The summed E-state index contributed by atoms with van der Waals surface area (Å²) in [5.74, 6) is -0.139. The molecule has 0 saturated heterocycles. The zero-order valence-corrected chi connectivity index (χ0v) is 10.1. The molecule has 0 heterocycles. The zero-order valence-electron chi connectivity index (χ0n) is 10.1. The Bertz CT molecular complexity index is 217. The lowest BCUT2D eigenvalue weighted by Gasteiger charge is -2.23. The van der Waals surface area contributed by atoms with E-state index in [1.54, 1.807) is 20.1 Å². The highest BCUT2D eigenvalue weighted by atomic mass is 16.5. The second kappa shape index (κ2) is 8.27. The number of rotatable bonds is 9. The molecule has 0 spiro atoms. The molecule has 1 unspecified atom stereocenters. The van der Waals surface area contributed by atoms with Crippen LogP contribution in [0.3, 0.4) is 0 Å². The van der Waals surface area contributed by atoms with Gasteiger partial charge >= 0.3 is 0 Å². The van der Waals surface area contributed by atoms with Gasteiger partial charge in [-0.15, -0.1) is 6.58 Å². The van der Waals surface area contributed by atoms with Crippen LogP contribution >= 0.6 is 0 Å². The van der Waals surface area contributed by atoms with Crippen LogP contribution in [0.1, 0.15) is 13.3 Å². The van der Waals surface area contributed by atoms with Gasteiger partial charge in [0.2, 0.25) is 5.91 Å². The normalized spacial score (nSPS) is 14.2. The largest absolute Gasteiger partial charge is 0.388 e. The van der Waals surface area contributed by atoms with E-state index in [4.69, 9.17) is 4.74 Å². The molecule has 94 valence electrons. The van der Waals surface area contributed by atoms with Gasteiger partial charge in [-0.1, -0.05) is 6.08 Å². The number of amides is 1. The fraction of sp³-hybridized carbons (Fsp3) is 0.727. The average Bonchev–Trinajstić information content (AvgIpc) is 2.24. The molecule has 0 radical (unpaired) electrons. The van der Waals surface area contributed by atoms with E-state index in [2.05, 4.69) is 17.2 Å². The molecule has 0 rings (SSSR count). The first-order valence-electron chi connectivity index (χ1n) is 5.31. The number of aliphatic hydroxyl groups is 1. The van der Waals surface area contributed by atoms with Crippen LogP contribution in [-0.4, -0.2) is 50.0 Å². The van der Waals surface area contributed by atoms with Crippen LogP contribution in [0, 0.1) is 0 Å². The lowest BCUT2D eigenvalue weighted by molar-refractivity contribution is -0.121. The number of ether oxygens (including phenoxy) is 1. The fourth-order valence-corrected chi connectivity index (χ4v) is 1.05. The number of carbonyl (C=O) groups excluding carboxylic acids is 1. The minimum Gasteiger partial charge on any atom is -0.388 e. The molecule has 0 aliphatic rings. The molecule has 3 N–H and O–H groups in total. The van der Waals surface area contributed by atoms with Crippen LogP contribution in [0.5, 0.6) is 0 Å². The summed E-state index contributed by atoms with van der Waals surface area (Å²) in [5, 5.41) is 15.4. The van der Waals surface area contributed by atoms with Crippen LogP contribution in [0.25, 0.3) is 0 Å². The maximum Gasteiger partial charge on any atom is 0.234 e. The van der Waals surface area contributed by atoms with Crippen molar-refractivity contribution in [3.05, 3.63) is 12.7 Å². The van der Waals surface area contributed by atoms with E-state index < -0.39 is 5.60 Å². The summed E-state index contributed by atoms with van der Waals surface area (Å²) < 4.78 is 4.87. The molecule has 1 atom stereocenters. The minimum atomic E-state index is -0.926. The molecule has 0 aliphatic carbocycles. The van der Waals surface area contributed by atoms with Crippen molar-refractivity contribution in [3.63, 3.8) is 0 Å². The Hall–Kier alpha value is -0.910. The lowest BCUT2D eigenvalue weighted by atomic mass is 10.0. The summed E-state index contributed by atoms with van der Waals surface area (Å²) in [4.78, 5) is 11.3. The Morgan fingerprint density at radius 1 is 1.62 bits per heavy atom. The van der Waals surface area contributed by atoms with Crippen molar-refractivity contribution in [1.29, 1.82) is 0 Å². The van der Waals surface area contributed by atoms with E-state index >= 15 is 0 Å². The van der Waals surface area contributed by atoms with E-state index in [1.807, 2.05) is 0 Å². The van der Waals surface area contributed by atoms with Gasteiger partial charge in [-0.05, 0) is 6.92 Å². The molecule has 16 heavy (non-hydrogen) atoms. The molecule has 5 nitrogen and oxygen atoms in total. The van der Waals surface area contributed by atoms with Gasteiger partial charge in [0, 0.05) is 33.2 Å². The van der Waals surface area contributed by atoms with Crippen LogP contribution < -0.4 is 10.6 Å². The summed E-state index contributed by atoms with van der Waals surface area (Å²) in [7, 11) is 1.58. The number of hydrogen-bond acceptors (Lipinski definition) is 4. The Morgan fingerprint density at radius 2 is 2.31 bits per heavy atom. The first kappa shape index (κ1) is 15.1. The zero-order chi connectivity index (χ0) is 12.4. The fourth-order valence-electron chi connectivity index (χ4n) is 1.05. The third-order valence-corrected chi connectivity index (χ3v) is 2.09. The lowest BCUT2D eigenvalue weighted by Crippen LogP contribution is -2.44. The minimum absolute atomic E-state index is 0.139. The van der Waals surface area contributed by atoms with Crippen molar-refractivity contribution < 1.29 is 14.6 Å². The number of nitrogens with one attached hydrogen (secondary N) is 2. The molecule has 5 heteroatoms. The number of carbonyl (C=O) groups is 1. The molecular formula is C11H22N2O3. The van der Waals surface area contributed by atoms with Gasteiger partial charge in [-0.25, -0.2) is 0 Å². The van der Waals surface area contributed by atoms with Crippen LogP contribution in [0.2, 0.25) is 0 Å². The third-order valence-electron chi connectivity index (χ3n) is 2.09. The molecule has 0 aromatic heterocycles. The highest BCUT2D eigenvalue weighted by Gasteiger charge is 2.20. The van der Waals surface area contributed by atoms with E-state index in [9.17, 15) is 9.90 Å². The average molecular weight is 230 g/mol. The van der Waals surface area contributed by atoms with Gasteiger partial charge in [-0.2, -0.15) is 0 Å². The molecule has 0 aromatic rings. The highest BCUT2D eigenvalue weighted by Crippen LogP contribution is 2.06. The van der Waals surface area contributed by atoms with Crippen molar-refractivity contribution >= 4 is 5.91 Å². The Kier molecular flexibility index (Phi) is 7.80. The van der Waals surface area contributed by atoms with Gasteiger partial charge in [0.15, 0.2) is 0 Å². The van der Waals surface area contributed by atoms with E-state index in [1.165, 1.54) is 0 Å². The second-order valence-corrected chi connectivity index (χ2v) is 3.94. The molecule has 0 saturated carbocycles. The molecular weight excluding hydrogens is 208 g/mol. The Labute approximate surface area is 96.9 Å². The molecule has 0 aromatic carbocycles. The molecule has 0 bridgehead atoms. The second-order valence-electron chi connectivity index (χ2n) is 3.94. The molecule has 0 fully saturated rings.